The molecule has 0 atom stereocenters. The highest BCUT2D eigenvalue weighted by Gasteiger charge is 2.34. The van der Waals surface area contributed by atoms with Crippen molar-refractivity contribution in [2.45, 2.75) is 20.4 Å². The van der Waals surface area contributed by atoms with Gasteiger partial charge in [0, 0.05) is 11.4 Å². The van der Waals surface area contributed by atoms with Gasteiger partial charge in [0.05, 0.1) is 29.4 Å². The SMILES string of the molecule is COC(=O)c1ccc(CN2C(=O)N/C(=C\c3cc(C)n(-c4cccc(Cl)c4Cl)c3C)C2=O)o1. The number of halogens is 2. The van der Waals surface area contributed by atoms with E-state index in [-0.39, 0.29) is 23.8 Å². The Hall–Kier alpha value is -3.49. The van der Waals surface area contributed by atoms with Crippen molar-refractivity contribution in [2.75, 3.05) is 7.11 Å². The molecule has 3 aromatic rings. The third-order valence-electron chi connectivity index (χ3n) is 5.27. The molecule has 8 nitrogen and oxygen atoms in total. The van der Waals surface area contributed by atoms with E-state index in [1.54, 1.807) is 18.2 Å². The number of imide groups is 1. The van der Waals surface area contributed by atoms with Crippen molar-refractivity contribution in [3.8, 4) is 5.69 Å². The molecule has 3 heterocycles. The van der Waals surface area contributed by atoms with E-state index in [0.29, 0.717) is 15.7 Å². The Balaban J connectivity index is 1.61. The maximum Gasteiger partial charge on any atom is 0.373 e. The summed E-state index contributed by atoms with van der Waals surface area (Å²) >= 11 is 12.6. The second-order valence-electron chi connectivity index (χ2n) is 7.37. The second-order valence-corrected chi connectivity index (χ2v) is 8.16. The average Bonchev–Trinajstić information content (AvgIpc) is 3.44. The third kappa shape index (κ3) is 4.15. The number of carbonyl (C=O) groups is 3. The van der Waals surface area contributed by atoms with Gasteiger partial charge < -0.3 is 19.0 Å². The molecule has 10 heteroatoms. The highest BCUT2D eigenvalue weighted by atomic mass is 35.5. The molecule has 0 unspecified atom stereocenters. The summed E-state index contributed by atoms with van der Waals surface area (Å²) in [6.45, 7) is 3.66. The van der Waals surface area contributed by atoms with Crippen molar-refractivity contribution in [3.05, 3.63) is 80.6 Å². The molecule has 1 aliphatic heterocycles. The first kappa shape index (κ1) is 22.7. The normalized spacial score (nSPS) is 14.8. The van der Waals surface area contributed by atoms with Crippen LogP contribution in [0.1, 0.15) is 33.3 Å². The number of hydrogen-bond donors (Lipinski definition) is 1. The Bertz CT molecular complexity index is 1320. The van der Waals surface area contributed by atoms with Crippen LogP contribution >= 0.6 is 23.2 Å². The molecule has 2 aromatic heterocycles. The first-order chi connectivity index (χ1) is 15.7. The molecule has 1 saturated heterocycles. The Kier molecular flexibility index (Phi) is 6.05. The van der Waals surface area contributed by atoms with Crippen LogP contribution in [0.15, 0.2) is 46.5 Å². The minimum absolute atomic E-state index is 0.0116. The van der Waals surface area contributed by atoms with Gasteiger partial charge in [-0.1, -0.05) is 29.3 Å². The first-order valence-electron chi connectivity index (χ1n) is 9.86. The molecule has 33 heavy (non-hydrogen) atoms. The van der Waals surface area contributed by atoms with Crippen LogP contribution in [0, 0.1) is 13.8 Å². The lowest BCUT2D eigenvalue weighted by atomic mass is 10.2. The fourth-order valence-corrected chi connectivity index (χ4v) is 4.05. The largest absolute Gasteiger partial charge is 0.463 e. The summed E-state index contributed by atoms with van der Waals surface area (Å²) in [5, 5.41) is 3.44. The van der Waals surface area contributed by atoms with Crippen LogP contribution < -0.4 is 5.32 Å². The zero-order valence-corrected chi connectivity index (χ0v) is 19.5. The van der Waals surface area contributed by atoms with Crippen LogP contribution in [-0.2, 0) is 16.1 Å². The van der Waals surface area contributed by atoms with Crippen molar-refractivity contribution < 1.29 is 23.5 Å². The molecule has 3 amide bonds. The van der Waals surface area contributed by atoms with Crippen LogP contribution in [0.3, 0.4) is 0 Å². The van der Waals surface area contributed by atoms with E-state index in [1.807, 2.05) is 30.5 Å². The van der Waals surface area contributed by atoms with Gasteiger partial charge in [-0.05, 0) is 55.8 Å². The molecule has 4 rings (SSSR count). The summed E-state index contributed by atoms with van der Waals surface area (Å²) in [5.41, 5.74) is 3.27. The van der Waals surface area contributed by atoms with Gasteiger partial charge in [-0.25, -0.2) is 9.59 Å². The topological polar surface area (TPSA) is 93.8 Å². The number of urea groups is 1. The van der Waals surface area contributed by atoms with E-state index in [9.17, 15) is 14.4 Å². The fourth-order valence-electron chi connectivity index (χ4n) is 3.67. The minimum atomic E-state index is -0.644. The molecular formula is C23H19Cl2N3O5. The molecule has 1 N–H and O–H groups in total. The van der Waals surface area contributed by atoms with E-state index in [2.05, 4.69) is 10.1 Å². The molecule has 170 valence electrons. The predicted molar refractivity (Wildman–Crippen MR) is 122 cm³/mol. The standard InChI is InChI=1S/C23H19Cl2N3O5/c1-12-9-14(13(2)28(12)18-6-4-5-16(24)20(18)25)10-17-21(29)27(23(31)26-17)11-15-7-8-19(33-15)22(30)32-3/h4-10H,11H2,1-3H3,(H,26,31)/b17-10-. The van der Waals surface area contributed by atoms with E-state index in [1.165, 1.54) is 19.2 Å². The van der Waals surface area contributed by atoms with E-state index in [0.717, 1.165) is 21.9 Å². The monoisotopic (exact) mass is 487 g/mol. The number of aryl methyl sites for hydroxylation is 1. The summed E-state index contributed by atoms with van der Waals surface area (Å²) in [4.78, 5) is 37.9. The number of nitrogens with one attached hydrogen (secondary N) is 1. The van der Waals surface area contributed by atoms with Crippen LogP contribution in [0.2, 0.25) is 10.0 Å². The highest BCUT2D eigenvalue weighted by molar-refractivity contribution is 6.43. The van der Waals surface area contributed by atoms with Crippen molar-refractivity contribution >= 4 is 47.2 Å². The molecule has 0 saturated carbocycles. The Labute approximate surface area is 199 Å². The average molecular weight is 488 g/mol. The van der Waals surface area contributed by atoms with Gasteiger partial charge in [0.15, 0.2) is 0 Å². The van der Waals surface area contributed by atoms with Gasteiger partial charge in [-0.15, -0.1) is 0 Å². The minimum Gasteiger partial charge on any atom is -0.463 e. The molecule has 0 aliphatic carbocycles. The third-order valence-corrected chi connectivity index (χ3v) is 6.08. The van der Waals surface area contributed by atoms with Crippen LogP contribution in [0.5, 0.6) is 0 Å². The summed E-state index contributed by atoms with van der Waals surface area (Å²) < 4.78 is 11.9. The summed E-state index contributed by atoms with van der Waals surface area (Å²) in [6, 6.07) is 9.59. The van der Waals surface area contributed by atoms with Gasteiger partial charge in [0.2, 0.25) is 5.76 Å². The summed E-state index contributed by atoms with van der Waals surface area (Å²) in [7, 11) is 1.23. The van der Waals surface area contributed by atoms with Crippen molar-refractivity contribution in [3.63, 3.8) is 0 Å². The Morgan fingerprint density at radius 1 is 1.18 bits per heavy atom. The zero-order chi connectivity index (χ0) is 23.9. The van der Waals surface area contributed by atoms with Crippen molar-refractivity contribution in [2.24, 2.45) is 0 Å². The number of rotatable bonds is 5. The number of esters is 1. The highest BCUT2D eigenvalue weighted by Crippen LogP contribution is 2.32. The lowest BCUT2D eigenvalue weighted by Crippen LogP contribution is -2.30. The van der Waals surface area contributed by atoms with Crippen molar-refractivity contribution in [1.82, 2.24) is 14.8 Å². The van der Waals surface area contributed by atoms with Gasteiger partial charge in [-0.2, -0.15) is 0 Å². The number of ether oxygens (including phenoxy) is 1. The number of carbonyl (C=O) groups excluding carboxylic acids is 3. The maximum absolute atomic E-state index is 12.9. The molecule has 0 bridgehead atoms. The quantitative estimate of drug-likeness (QED) is 0.314. The number of benzene rings is 1. The molecule has 0 spiro atoms. The summed E-state index contributed by atoms with van der Waals surface area (Å²) in [5.74, 6) is -0.896. The number of amides is 3. The first-order valence-corrected chi connectivity index (χ1v) is 10.6. The number of furan rings is 1. The van der Waals surface area contributed by atoms with Gasteiger partial charge in [0.25, 0.3) is 5.91 Å². The molecule has 1 fully saturated rings. The van der Waals surface area contributed by atoms with Crippen molar-refractivity contribution in [1.29, 1.82) is 0 Å². The van der Waals surface area contributed by atoms with E-state index >= 15 is 0 Å². The Morgan fingerprint density at radius 2 is 1.94 bits per heavy atom. The maximum atomic E-state index is 12.9. The van der Waals surface area contributed by atoms with Gasteiger partial charge in [0.1, 0.15) is 11.5 Å². The fraction of sp³-hybridized carbons (Fsp3) is 0.174. The molecule has 0 radical (unpaired) electrons. The second kappa shape index (κ2) is 8.80. The van der Waals surface area contributed by atoms with Crippen LogP contribution in [-0.4, -0.2) is 34.5 Å². The molecular weight excluding hydrogens is 469 g/mol. The lowest BCUT2D eigenvalue weighted by Gasteiger charge is -2.12. The molecule has 1 aromatic carbocycles. The molecule has 1 aliphatic rings. The lowest BCUT2D eigenvalue weighted by molar-refractivity contribution is -0.123. The summed E-state index contributed by atoms with van der Waals surface area (Å²) in [6.07, 6.45) is 1.61. The van der Waals surface area contributed by atoms with E-state index < -0.39 is 17.9 Å². The Morgan fingerprint density at radius 3 is 2.67 bits per heavy atom. The number of nitrogens with zero attached hydrogens (tertiary/aromatic N) is 2. The zero-order valence-electron chi connectivity index (χ0n) is 17.9. The van der Waals surface area contributed by atoms with Gasteiger partial charge >= 0.3 is 12.0 Å². The predicted octanol–water partition coefficient (Wildman–Crippen LogP) is 4.87. The van der Waals surface area contributed by atoms with E-state index in [4.69, 9.17) is 27.6 Å². The number of hydrogen-bond acceptors (Lipinski definition) is 5. The number of aromatic nitrogens is 1. The number of methoxy groups -OCH3 is 1. The van der Waals surface area contributed by atoms with Crippen LogP contribution in [0.25, 0.3) is 11.8 Å². The smallest absolute Gasteiger partial charge is 0.373 e. The van der Waals surface area contributed by atoms with Crippen LogP contribution in [0.4, 0.5) is 4.79 Å². The van der Waals surface area contributed by atoms with Gasteiger partial charge in [-0.3, -0.25) is 9.69 Å².